The Kier molecular flexibility index (Phi) is 6.58. The quantitative estimate of drug-likeness (QED) is 0.748. The summed E-state index contributed by atoms with van der Waals surface area (Å²) in [5.74, 6) is -0.0313. The molecule has 0 aliphatic carbocycles. The summed E-state index contributed by atoms with van der Waals surface area (Å²) in [7, 11) is 1.51. The predicted octanol–water partition coefficient (Wildman–Crippen LogP) is 3.13. The van der Waals surface area contributed by atoms with Gasteiger partial charge in [0.05, 0.1) is 19.3 Å². The molecule has 1 aromatic carbocycles. The van der Waals surface area contributed by atoms with Crippen LogP contribution in [0.1, 0.15) is 27.7 Å². The normalized spacial score (nSPS) is 9.92. The Morgan fingerprint density at radius 2 is 1.96 bits per heavy atom. The van der Waals surface area contributed by atoms with Crippen LogP contribution in [0.5, 0.6) is 11.5 Å². The highest BCUT2D eigenvalue weighted by Crippen LogP contribution is 2.33. The summed E-state index contributed by atoms with van der Waals surface area (Å²) in [5, 5.41) is 12.2. The zero-order valence-electron chi connectivity index (χ0n) is 14.6. The SMILES string of the molecule is CCOC(=O)c1sc(NC(=O)COc2ccccc2OC)c(C#N)c1C. The summed E-state index contributed by atoms with van der Waals surface area (Å²) in [6, 6.07) is 8.95. The lowest BCUT2D eigenvalue weighted by molar-refractivity contribution is -0.118. The number of nitriles is 1. The second-order valence-corrected chi connectivity index (χ2v) is 6.10. The lowest BCUT2D eigenvalue weighted by atomic mass is 10.2. The van der Waals surface area contributed by atoms with Gasteiger partial charge in [0.1, 0.15) is 15.9 Å². The van der Waals surface area contributed by atoms with Crippen molar-refractivity contribution in [1.82, 2.24) is 0 Å². The van der Waals surface area contributed by atoms with E-state index < -0.39 is 11.9 Å². The van der Waals surface area contributed by atoms with E-state index in [1.165, 1.54) is 7.11 Å². The number of rotatable bonds is 7. The molecular formula is C18H18N2O5S. The number of carbonyl (C=O) groups is 2. The molecule has 1 heterocycles. The van der Waals surface area contributed by atoms with E-state index in [0.717, 1.165) is 11.3 Å². The van der Waals surface area contributed by atoms with Crippen LogP contribution in [-0.2, 0) is 9.53 Å². The molecule has 7 nitrogen and oxygen atoms in total. The van der Waals surface area contributed by atoms with Crippen molar-refractivity contribution >= 4 is 28.2 Å². The molecule has 0 saturated carbocycles. The molecule has 0 atom stereocenters. The number of benzene rings is 1. The van der Waals surface area contributed by atoms with E-state index in [-0.39, 0.29) is 18.8 Å². The Hall–Kier alpha value is -3.05. The monoisotopic (exact) mass is 374 g/mol. The molecule has 2 aromatic rings. The van der Waals surface area contributed by atoms with Gasteiger partial charge in [-0.1, -0.05) is 12.1 Å². The fourth-order valence-corrected chi connectivity index (χ4v) is 3.24. The summed E-state index contributed by atoms with van der Waals surface area (Å²) >= 11 is 1.01. The summed E-state index contributed by atoms with van der Waals surface area (Å²) in [4.78, 5) is 24.4. The fraction of sp³-hybridized carbons (Fsp3) is 0.278. The number of methoxy groups -OCH3 is 1. The van der Waals surface area contributed by atoms with Crippen LogP contribution in [0.25, 0.3) is 0 Å². The number of para-hydroxylation sites is 2. The van der Waals surface area contributed by atoms with E-state index in [1.807, 2.05) is 6.07 Å². The third-order valence-corrected chi connectivity index (χ3v) is 4.59. The Bertz CT molecular complexity index is 854. The number of nitrogens with one attached hydrogen (secondary N) is 1. The van der Waals surface area contributed by atoms with Crippen LogP contribution in [0.3, 0.4) is 0 Å². The molecule has 1 N–H and O–H groups in total. The van der Waals surface area contributed by atoms with Gasteiger partial charge >= 0.3 is 5.97 Å². The Morgan fingerprint density at radius 3 is 2.58 bits per heavy atom. The first kappa shape index (κ1) is 19.3. The molecule has 0 aliphatic heterocycles. The summed E-state index contributed by atoms with van der Waals surface area (Å²) in [6.07, 6.45) is 0. The zero-order valence-corrected chi connectivity index (χ0v) is 15.4. The first-order chi connectivity index (χ1) is 12.5. The maximum absolute atomic E-state index is 12.2. The second kappa shape index (κ2) is 8.87. The van der Waals surface area contributed by atoms with Crippen LogP contribution in [0.4, 0.5) is 5.00 Å². The van der Waals surface area contributed by atoms with Crippen molar-refractivity contribution < 1.29 is 23.8 Å². The van der Waals surface area contributed by atoms with E-state index in [1.54, 1.807) is 38.1 Å². The third kappa shape index (κ3) is 4.32. The van der Waals surface area contributed by atoms with Gasteiger partial charge in [-0.2, -0.15) is 5.26 Å². The molecule has 1 amide bonds. The zero-order chi connectivity index (χ0) is 19.1. The molecule has 8 heteroatoms. The fourth-order valence-electron chi connectivity index (χ4n) is 2.17. The van der Waals surface area contributed by atoms with Crippen LogP contribution < -0.4 is 14.8 Å². The minimum Gasteiger partial charge on any atom is -0.493 e. The maximum Gasteiger partial charge on any atom is 0.348 e. The number of nitrogens with zero attached hydrogens (tertiary/aromatic N) is 1. The number of ether oxygens (including phenoxy) is 3. The molecule has 0 bridgehead atoms. The highest BCUT2D eigenvalue weighted by atomic mass is 32.1. The molecule has 136 valence electrons. The van der Waals surface area contributed by atoms with Gasteiger partial charge in [-0.25, -0.2) is 4.79 Å². The second-order valence-electron chi connectivity index (χ2n) is 5.08. The minimum atomic E-state index is -0.516. The van der Waals surface area contributed by atoms with E-state index in [9.17, 15) is 14.9 Å². The van der Waals surface area contributed by atoms with Crippen molar-refractivity contribution in [2.75, 3.05) is 25.6 Å². The van der Waals surface area contributed by atoms with Gasteiger partial charge in [0.15, 0.2) is 18.1 Å². The van der Waals surface area contributed by atoms with E-state index >= 15 is 0 Å². The lowest BCUT2D eigenvalue weighted by Crippen LogP contribution is -2.20. The Balaban J connectivity index is 2.10. The number of hydrogen-bond donors (Lipinski definition) is 1. The smallest absolute Gasteiger partial charge is 0.348 e. The number of anilines is 1. The first-order valence-electron chi connectivity index (χ1n) is 7.78. The highest BCUT2D eigenvalue weighted by molar-refractivity contribution is 7.18. The molecule has 2 rings (SSSR count). The Labute approximate surface area is 155 Å². The summed E-state index contributed by atoms with van der Waals surface area (Å²) in [5.41, 5.74) is 0.723. The number of esters is 1. The van der Waals surface area contributed by atoms with Crippen molar-refractivity contribution in [3.05, 3.63) is 40.3 Å². The molecule has 0 radical (unpaired) electrons. The highest BCUT2D eigenvalue weighted by Gasteiger charge is 2.22. The van der Waals surface area contributed by atoms with Crippen molar-refractivity contribution in [3.8, 4) is 17.6 Å². The van der Waals surface area contributed by atoms with E-state index in [0.29, 0.717) is 26.9 Å². The van der Waals surface area contributed by atoms with Crippen LogP contribution >= 0.6 is 11.3 Å². The number of thiophene rings is 1. The molecule has 0 unspecified atom stereocenters. The average molecular weight is 374 g/mol. The maximum atomic E-state index is 12.2. The van der Waals surface area contributed by atoms with E-state index in [2.05, 4.69) is 5.32 Å². The van der Waals surface area contributed by atoms with Crippen LogP contribution in [0.2, 0.25) is 0 Å². The standard InChI is InChI=1S/C18H18N2O5S/c1-4-24-18(22)16-11(2)12(9-19)17(26-16)20-15(21)10-25-14-8-6-5-7-13(14)23-3/h5-8H,4,10H2,1-3H3,(H,20,21). The molecular weight excluding hydrogens is 356 g/mol. The molecule has 0 spiro atoms. The van der Waals surface area contributed by atoms with Crippen molar-refractivity contribution in [3.63, 3.8) is 0 Å². The van der Waals surface area contributed by atoms with Gasteiger partial charge < -0.3 is 19.5 Å². The summed E-state index contributed by atoms with van der Waals surface area (Å²) in [6.45, 7) is 3.30. The predicted molar refractivity (Wildman–Crippen MR) is 96.8 cm³/mol. The molecule has 0 fully saturated rings. The number of carbonyl (C=O) groups excluding carboxylic acids is 2. The first-order valence-corrected chi connectivity index (χ1v) is 8.59. The molecule has 0 aliphatic rings. The average Bonchev–Trinajstić information content (AvgIpc) is 2.95. The molecule has 1 aromatic heterocycles. The van der Waals surface area contributed by atoms with Gasteiger partial charge in [-0.3, -0.25) is 4.79 Å². The van der Waals surface area contributed by atoms with Gasteiger partial charge in [-0.15, -0.1) is 11.3 Å². The van der Waals surface area contributed by atoms with Gasteiger partial charge in [0, 0.05) is 0 Å². The van der Waals surface area contributed by atoms with Crippen molar-refractivity contribution in [2.45, 2.75) is 13.8 Å². The van der Waals surface area contributed by atoms with Crippen LogP contribution in [-0.4, -0.2) is 32.2 Å². The van der Waals surface area contributed by atoms with Crippen LogP contribution in [0, 0.1) is 18.3 Å². The molecule has 0 saturated heterocycles. The third-order valence-electron chi connectivity index (χ3n) is 3.40. The van der Waals surface area contributed by atoms with Crippen LogP contribution in [0.15, 0.2) is 24.3 Å². The van der Waals surface area contributed by atoms with Gasteiger partial charge in [-0.05, 0) is 31.5 Å². The van der Waals surface area contributed by atoms with E-state index in [4.69, 9.17) is 14.2 Å². The van der Waals surface area contributed by atoms with Crippen molar-refractivity contribution in [1.29, 1.82) is 5.26 Å². The lowest BCUT2D eigenvalue weighted by Gasteiger charge is -2.10. The number of hydrogen-bond acceptors (Lipinski definition) is 7. The molecule has 26 heavy (non-hydrogen) atoms. The van der Waals surface area contributed by atoms with Gasteiger partial charge in [0.25, 0.3) is 5.91 Å². The minimum absolute atomic E-state index is 0.229. The number of amides is 1. The summed E-state index contributed by atoms with van der Waals surface area (Å²) < 4.78 is 15.6. The van der Waals surface area contributed by atoms with Gasteiger partial charge in [0.2, 0.25) is 0 Å². The largest absolute Gasteiger partial charge is 0.493 e. The Morgan fingerprint density at radius 1 is 1.27 bits per heavy atom. The van der Waals surface area contributed by atoms with Crippen molar-refractivity contribution in [2.24, 2.45) is 0 Å². The topological polar surface area (TPSA) is 97.7 Å².